The van der Waals surface area contributed by atoms with E-state index in [0.29, 0.717) is 14.8 Å². The van der Waals surface area contributed by atoms with Crippen LogP contribution in [0.2, 0.25) is 0 Å². The van der Waals surface area contributed by atoms with Crippen molar-refractivity contribution in [3.05, 3.63) is 84.8 Å². The van der Waals surface area contributed by atoms with E-state index in [1.165, 1.54) is 4.57 Å². The van der Waals surface area contributed by atoms with Gasteiger partial charge < -0.3 is 25.0 Å². The summed E-state index contributed by atoms with van der Waals surface area (Å²) >= 11 is 1.14. The van der Waals surface area contributed by atoms with Gasteiger partial charge in [0.1, 0.15) is 10.5 Å². The van der Waals surface area contributed by atoms with Crippen LogP contribution in [-0.4, -0.2) is 57.9 Å². The molecule has 2 aromatic carbocycles. The quantitative estimate of drug-likeness (QED) is 0.416. The second kappa shape index (κ2) is 11.8. The van der Waals surface area contributed by atoms with Gasteiger partial charge in [0.05, 0.1) is 34.8 Å². The van der Waals surface area contributed by atoms with E-state index in [0.717, 1.165) is 28.3 Å². The predicted octanol–water partition coefficient (Wildman–Crippen LogP) is 2.07. The summed E-state index contributed by atoms with van der Waals surface area (Å²) in [6.45, 7) is 3.61. The number of fused-ring (bicyclic) bond motifs is 1. The summed E-state index contributed by atoms with van der Waals surface area (Å²) in [5.74, 6) is -2.28. The lowest BCUT2D eigenvalue weighted by atomic mass is 9.83. The Bertz CT molecular complexity index is 1630. The normalized spacial score (nSPS) is 15.1. The van der Waals surface area contributed by atoms with Crippen molar-refractivity contribution in [3.63, 3.8) is 0 Å². The highest BCUT2D eigenvalue weighted by atomic mass is 32.1. The number of carbonyl (C=O) groups is 2. The maximum absolute atomic E-state index is 13.7. The van der Waals surface area contributed by atoms with Crippen LogP contribution in [0.4, 0.5) is 11.4 Å². The van der Waals surface area contributed by atoms with Gasteiger partial charge in [0.25, 0.3) is 5.56 Å². The Morgan fingerprint density at radius 2 is 1.38 bits per heavy atom. The standard InChI is InChI=1S/C30H34N4O5S/c1-7-38-29(36)24-23(19-11-15-21(16-12-19)33(5)6)25(30(37)39-8-2)28-34(26(24)31)27(35)22(40-28)17-18-9-13-20(14-10-18)32(3)4/h9-17,23H,7-8,31H2,1-6H3/b22-17-/t23-/m0/s1. The Morgan fingerprint density at radius 3 is 1.88 bits per heavy atom. The molecular weight excluding hydrogens is 528 g/mol. The molecule has 40 heavy (non-hydrogen) atoms. The number of ether oxygens (including phenoxy) is 2. The van der Waals surface area contributed by atoms with Crippen molar-refractivity contribution in [2.75, 3.05) is 51.2 Å². The van der Waals surface area contributed by atoms with Crippen LogP contribution in [0.15, 0.2) is 58.9 Å². The number of nitrogens with two attached hydrogens (primary N) is 1. The molecule has 0 saturated carbocycles. The van der Waals surface area contributed by atoms with Crippen LogP contribution in [0.3, 0.4) is 0 Å². The molecule has 1 aromatic heterocycles. The summed E-state index contributed by atoms with van der Waals surface area (Å²) in [5, 5.41) is 0. The van der Waals surface area contributed by atoms with Gasteiger partial charge in [-0.25, -0.2) is 9.59 Å². The van der Waals surface area contributed by atoms with Gasteiger partial charge in [0.2, 0.25) is 0 Å². The minimum atomic E-state index is -0.889. The van der Waals surface area contributed by atoms with Gasteiger partial charge in [-0.2, -0.15) is 0 Å². The van der Waals surface area contributed by atoms with Crippen molar-refractivity contribution in [3.8, 4) is 0 Å². The Balaban J connectivity index is 2.04. The number of esters is 2. The predicted molar refractivity (Wildman–Crippen MR) is 160 cm³/mol. The highest BCUT2D eigenvalue weighted by Crippen LogP contribution is 2.38. The average Bonchev–Trinajstić information content (AvgIpc) is 3.24. The summed E-state index contributed by atoms with van der Waals surface area (Å²) in [6, 6.07) is 15.2. The monoisotopic (exact) mass is 562 g/mol. The molecule has 1 aliphatic rings. The molecule has 4 rings (SSSR count). The van der Waals surface area contributed by atoms with Crippen LogP contribution in [-0.2, 0) is 19.1 Å². The fourth-order valence-electron chi connectivity index (χ4n) is 4.58. The van der Waals surface area contributed by atoms with Crippen molar-refractivity contribution in [2.45, 2.75) is 19.8 Å². The van der Waals surface area contributed by atoms with Gasteiger partial charge in [-0.15, -0.1) is 11.3 Å². The van der Waals surface area contributed by atoms with Crippen molar-refractivity contribution < 1.29 is 19.1 Å². The zero-order valence-corrected chi connectivity index (χ0v) is 24.4. The molecule has 0 fully saturated rings. The Labute approximate surface area is 237 Å². The molecule has 0 bridgehead atoms. The second-order valence-corrected chi connectivity index (χ2v) is 10.6. The minimum Gasteiger partial charge on any atom is -0.463 e. The summed E-state index contributed by atoms with van der Waals surface area (Å²) in [4.78, 5) is 44.5. The maximum Gasteiger partial charge on any atom is 0.338 e. The number of benzene rings is 2. The largest absolute Gasteiger partial charge is 0.463 e. The fraction of sp³-hybridized carbons (Fsp3) is 0.300. The molecule has 3 aromatic rings. The number of rotatable bonds is 8. The molecule has 2 N–H and O–H groups in total. The van der Waals surface area contributed by atoms with E-state index in [9.17, 15) is 14.4 Å². The lowest BCUT2D eigenvalue weighted by Crippen LogP contribution is -2.42. The van der Waals surface area contributed by atoms with Crippen LogP contribution in [0.1, 0.15) is 30.9 Å². The van der Waals surface area contributed by atoms with E-state index < -0.39 is 23.4 Å². The molecule has 0 radical (unpaired) electrons. The van der Waals surface area contributed by atoms with Crippen LogP contribution >= 0.6 is 11.3 Å². The molecule has 0 spiro atoms. The first-order valence-electron chi connectivity index (χ1n) is 13.0. The van der Waals surface area contributed by atoms with Gasteiger partial charge in [-0.3, -0.25) is 9.36 Å². The third kappa shape index (κ3) is 5.40. The first-order valence-corrected chi connectivity index (χ1v) is 13.8. The molecule has 0 amide bonds. The third-order valence-corrected chi connectivity index (χ3v) is 7.70. The second-order valence-electron chi connectivity index (χ2n) is 9.61. The molecule has 10 heteroatoms. The van der Waals surface area contributed by atoms with Crippen LogP contribution in [0, 0.1) is 0 Å². The smallest absolute Gasteiger partial charge is 0.338 e. The summed E-state index contributed by atoms with van der Waals surface area (Å²) in [7, 11) is 7.74. The van der Waals surface area contributed by atoms with Gasteiger partial charge in [-0.1, -0.05) is 24.3 Å². The van der Waals surface area contributed by atoms with E-state index >= 15 is 0 Å². The van der Waals surface area contributed by atoms with Crippen molar-refractivity contribution >= 4 is 52.1 Å². The van der Waals surface area contributed by atoms with Crippen LogP contribution in [0.5, 0.6) is 0 Å². The van der Waals surface area contributed by atoms with Crippen LogP contribution in [0.25, 0.3) is 17.5 Å². The number of thiazole rings is 1. The van der Waals surface area contributed by atoms with E-state index in [2.05, 4.69) is 0 Å². The molecule has 1 aliphatic heterocycles. The molecule has 9 nitrogen and oxygen atoms in total. The van der Waals surface area contributed by atoms with E-state index in [4.69, 9.17) is 15.2 Å². The highest BCUT2D eigenvalue weighted by molar-refractivity contribution is 7.07. The molecule has 2 heterocycles. The zero-order chi connectivity index (χ0) is 29.1. The van der Waals surface area contributed by atoms with Crippen molar-refractivity contribution in [1.29, 1.82) is 0 Å². The Kier molecular flexibility index (Phi) is 8.49. The first kappa shape index (κ1) is 28.7. The van der Waals surface area contributed by atoms with Gasteiger partial charge >= 0.3 is 11.9 Å². The number of hydrogen-bond acceptors (Lipinski definition) is 9. The minimum absolute atomic E-state index is 0.0248. The van der Waals surface area contributed by atoms with E-state index in [1.54, 1.807) is 19.9 Å². The molecule has 1 atom stereocenters. The lowest BCUT2D eigenvalue weighted by molar-refractivity contribution is -0.138. The number of carbonyl (C=O) groups excluding carboxylic acids is 2. The SMILES string of the molecule is CCOC(=O)C1=C(N)n2c(s/c(=C\c3ccc(N(C)C)cc3)c2=O)=C(C(=O)OCC)[C@H]1c1ccc(N(C)C)cc1. The summed E-state index contributed by atoms with van der Waals surface area (Å²) < 4.78 is 12.7. The number of hydrogen-bond donors (Lipinski definition) is 1. The Hall–Kier alpha value is -4.31. The number of nitrogens with zero attached hydrogens (tertiary/aromatic N) is 3. The molecular formula is C30H34N4O5S. The average molecular weight is 563 g/mol. The van der Waals surface area contributed by atoms with Crippen molar-refractivity contribution in [1.82, 2.24) is 4.57 Å². The van der Waals surface area contributed by atoms with Crippen LogP contribution < -0.4 is 30.3 Å². The molecule has 0 unspecified atom stereocenters. The van der Waals surface area contributed by atoms with Gasteiger partial charge in [-0.05, 0) is 55.3 Å². The van der Waals surface area contributed by atoms with Gasteiger partial charge in [0.15, 0.2) is 0 Å². The maximum atomic E-state index is 13.7. The molecule has 0 saturated heterocycles. The third-order valence-electron chi connectivity index (χ3n) is 6.59. The lowest BCUT2D eigenvalue weighted by Gasteiger charge is -2.27. The van der Waals surface area contributed by atoms with E-state index in [1.807, 2.05) is 86.5 Å². The van der Waals surface area contributed by atoms with E-state index in [-0.39, 0.29) is 30.2 Å². The summed E-state index contributed by atoms with van der Waals surface area (Å²) in [6.07, 6.45) is 1.75. The molecule has 0 aliphatic carbocycles. The first-order chi connectivity index (χ1) is 19.1. The summed E-state index contributed by atoms with van der Waals surface area (Å²) in [5.41, 5.74) is 9.76. The highest BCUT2D eigenvalue weighted by Gasteiger charge is 2.40. The van der Waals surface area contributed by atoms with Crippen molar-refractivity contribution in [2.24, 2.45) is 5.73 Å². The topological polar surface area (TPSA) is 107 Å². The van der Waals surface area contributed by atoms with Gasteiger partial charge in [0, 0.05) is 39.6 Å². The number of aromatic nitrogens is 1. The Morgan fingerprint density at radius 1 is 0.875 bits per heavy atom. The number of anilines is 2. The molecule has 210 valence electrons. The fourth-order valence-corrected chi connectivity index (χ4v) is 5.75. The zero-order valence-electron chi connectivity index (χ0n) is 23.6.